The zero-order chi connectivity index (χ0) is 18.1. The molecule has 3 heteroatoms. The summed E-state index contributed by atoms with van der Waals surface area (Å²) in [5.74, 6) is 0.957. The standard InChI is InChI=1S/C22H30O2S/c1-17(11-13-23)15-19-7-3-5-9-21(19)25-22-10-6-4-8-20(22)16-18(2)12-14-24/h3-10,17-18,23-24H,11-16H2,1-2H3. The lowest BCUT2D eigenvalue weighted by Crippen LogP contribution is -2.04. The zero-order valence-electron chi connectivity index (χ0n) is 15.3. The highest BCUT2D eigenvalue weighted by atomic mass is 32.2. The van der Waals surface area contributed by atoms with Crippen molar-refractivity contribution in [1.29, 1.82) is 0 Å². The molecule has 0 aliphatic heterocycles. The molecule has 2 aromatic rings. The minimum atomic E-state index is 0.252. The summed E-state index contributed by atoms with van der Waals surface area (Å²) < 4.78 is 0. The molecule has 2 N–H and O–H groups in total. The molecule has 0 radical (unpaired) electrons. The van der Waals surface area contributed by atoms with Crippen LogP contribution in [0.25, 0.3) is 0 Å². The van der Waals surface area contributed by atoms with Gasteiger partial charge in [0.2, 0.25) is 0 Å². The maximum Gasteiger partial charge on any atom is 0.0433 e. The monoisotopic (exact) mass is 358 g/mol. The second kappa shape index (κ2) is 10.6. The average molecular weight is 359 g/mol. The number of hydrogen-bond donors (Lipinski definition) is 2. The first-order valence-corrected chi connectivity index (χ1v) is 10.0. The van der Waals surface area contributed by atoms with Crippen LogP contribution in [0.4, 0.5) is 0 Å². The fraction of sp³-hybridized carbons (Fsp3) is 0.455. The van der Waals surface area contributed by atoms with Crippen LogP contribution in [-0.4, -0.2) is 23.4 Å². The molecule has 136 valence electrons. The zero-order valence-corrected chi connectivity index (χ0v) is 16.1. The van der Waals surface area contributed by atoms with Crippen molar-refractivity contribution in [3.63, 3.8) is 0 Å². The van der Waals surface area contributed by atoms with Crippen molar-refractivity contribution in [2.24, 2.45) is 11.8 Å². The van der Waals surface area contributed by atoms with E-state index in [4.69, 9.17) is 10.2 Å². The first kappa shape index (κ1) is 20.0. The maximum absolute atomic E-state index is 9.16. The summed E-state index contributed by atoms with van der Waals surface area (Å²) in [5.41, 5.74) is 2.71. The average Bonchev–Trinajstić information content (AvgIpc) is 2.59. The normalized spacial score (nSPS) is 13.6. The van der Waals surface area contributed by atoms with Gasteiger partial charge in [-0.1, -0.05) is 62.0 Å². The molecule has 0 fully saturated rings. The van der Waals surface area contributed by atoms with Crippen molar-refractivity contribution >= 4 is 11.8 Å². The van der Waals surface area contributed by atoms with Crippen LogP contribution in [0.1, 0.15) is 37.8 Å². The van der Waals surface area contributed by atoms with Gasteiger partial charge in [0.1, 0.15) is 0 Å². The highest BCUT2D eigenvalue weighted by molar-refractivity contribution is 7.99. The Morgan fingerprint density at radius 2 is 1.12 bits per heavy atom. The summed E-state index contributed by atoms with van der Waals surface area (Å²) in [6.45, 7) is 4.90. The van der Waals surface area contributed by atoms with E-state index in [1.165, 1.54) is 20.9 Å². The number of benzene rings is 2. The van der Waals surface area contributed by atoms with Crippen LogP contribution in [0.15, 0.2) is 58.3 Å². The first-order valence-electron chi connectivity index (χ1n) is 9.19. The van der Waals surface area contributed by atoms with Gasteiger partial charge in [-0.25, -0.2) is 0 Å². The van der Waals surface area contributed by atoms with E-state index in [-0.39, 0.29) is 13.2 Å². The summed E-state index contributed by atoms with van der Waals surface area (Å²) >= 11 is 1.84. The lowest BCUT2D eigenvalue weighted by Gasteiger charge is -2.16. The number of hydrogen-bond acceptors (Lipinski definition) is 3. The Labute approximate surface area is 156 Å². The van der Waals surface area contributed by atoms with Gasteiger partial charge in [-0.05, 0) is 60.8 Å². The molecule has 0 saturated heterocycles. The van der Waals surface area contributed by atoms with Gasteiger partial charge in [0.15, 0.2) is 0 Å². The Morgan fingerprint density at radius 1 is 0.720 bits per heavy atom. The van der Waals surface area contributed by atoms with Crippen LogP contribution < -0.4 is 0 Å². The van der Waals surface area contributed by atoms with Gasteiger partial charge in [0.05, 0.1) is 0 Å². The SMILES string of the molecule is CC(CCO)Cc1ccccc1Sc1ccccc1CC(C)CCO. The quantitative estimate of drug-likeness (QED) is 0.631. The van der Waals surface area contributed by atoms with Gasteiger partial charge < -0.3 is 10.2 Å². The first-order chi connectivity index (χ1) is 12.1. The Balaban J connectivity index is 2.17. The molecule has 2 unspecified atom stereocenters. The van der Waals surface area contributed by atoms with Gasteiger partial charge in [0.25, 0.3) is 0 Å². The summed E-state index contributed by atoms with van der Waals surface area (Å²) in [4.78, 5) is 2.60. The highest BCUT2D eigenvalue weighted by Gasteiger charge is 2.12. The summed E-state index contributed by atoms with van der Waals surface area (Å²) in [6, 6.07) is 17.2. The highest BCUT2D eigenvalue weighted by Crippen LogP contribution is 2.35. The summed E-state index contributed by atoms with van der Waals surface area (Å²) in [7, 11) is 0. The van der Waals surface area contributed by atoms with E-state index in [9.17, 15) is 0 Å². The van der Waals surface area contributed by atoms with Gasteiger partial charge in [-0.15, -0.1) is 0 Å². The minimum Gasteiger partial charge on any atom is -0.396 e. The number of rotatable bonds is 10. The second-order valence-corrected chi connectivity index (χ2v) is 8.04. The van der Waals surface area contributed by atoms with Crippen LogP contribution in [0.5, 0.6) is 0 Å². The topological polar surface area (TPSA) is 40.5 Å². The fourth-order valence-corrected chi connectivity index (χ4v) is 4.15. The van der Waals surface area contributed by atoms with Crippen molar-refractivity contribution in [1.82, 2.24) is 0 Å². The molecule has 0 amide bonds. The number of aliphatic hydroxyl groups excluding tert-OH is 2. The van der Waals surface area contributed by atoms with E-state index < -0.39 is 0 Å². The van der Waals surface area contributed by atoms with Crippen LogP contribution in [0.2, 0.25) is 0 Å². The number of aliphatic hydroxyl groups is 2. The van der Waals surface area contributed by atoms with E-state index in [0.717, 1.165) is 25.7 Å². The van der Waals surface area contributed by atoms with Crippen LogP contribution in [-0.2, 0) is 12.8 Å². The van der Waals surface area contributed by atoms with Crippen LogP contribution in [0.3, 0.4) is 0 Å². The largest absolute Gasteiger partial charge is 0.396 e. The molecule has 0 aromatic heterocycles. The Kier molecular flexibility index (Phi) is 8.53. The maximum atomic E-state index is 9.16. The molecule has 2 nitrogen and oxygen atoms in total. The molecule has 2 rings (SSSR count). The predicted octanol–water partition coefficient (Wildman–Crippen LogP) is 4.96. The second-order valence-electron chi connectivity index (χ2n) is 6.96. The third-order valence-electron chi connectivity index (χ3n) is 4.55. The van der Waals surface area contributed by atoms with E-state index in [0.29, 0.717) is 11.8 Å². The molecule has 0 saturated carbocycles. The molecule has 0 heterocycles. The van der Waals surface area contributed by atoms with E-state index in [1.54, 1.807) is 0 Å². The Hall–Kier alpha value is -1.29. The Morgan fingerprint density at radius 3 is 1.52 bits per heavy atom. The molecule has 25 heavy (non-hydrogen) atoms. The lowest BCUT2D eigenvalue weighted by molar-refractivity contribution is 0.261. The fourth-order valence-electron chi connectivity index (χ4n) is 3.06. The summed E-state index contributed by atoms with van der Waals surface area (Å²) in [5, 5.41) is 18.3. The van der Waals surface area contributed by atoms with Gasteiger partial charge in [-0.2, -0.15) is 0 Å². The summed E-state index contributed by atoms with van der Waals surface area (Å²) in [6.07, 6.45) is 3.67. The molecule has 2 atom stereocenters. The van der Waals surface area contributed by atoms with Crippen LogP contribution in [0, 0.1) is 11.8 Å². The van der Waals surface area contributed by atoms with Crippen molar-refractivity contribution in [3.8, 4) is 0 Å². The van der Waals surface area contributed by atoms with Crippen molar-refractivity contribution in [3.05, 3.63) is 59.7 Å². The molecule has 0 bridgehead atoms. The molecule has 0 aliphatic rings. The van der Waals surface area contributed by atoms with E-state index in [1.807, 2.05) is 11.8 Å². The lowest BCUT2D eigenvalue weighted by atomic mass is 9.98. The van der Waals surface area contributed by atoms with E-state index in [2.05, 4.69) is 62.4 Å². The van der Waals surface area contributed by atoms with Crippen molar-refractivity contribution < 1.29 is 10.2 Å². The van der Waals surface area contributed by atoms with Crippen molar-refractivity contribution in [2.45, 2.75) is 49.3 Å². The van der Waals surface area contributed by atoms with E-state index >= 15 is 0 Å². The van der Waals surface area contributed by atoms with Gasteiger partial charge in [-0.3, -0.25) is 0 Å². The third-order valence-corrected chi connectivity index (χ3v) is 5.78. The minimum absolute atomic E-state index is 0.252. The smallest absolute Gasteiger partial charge is 0.0433 e. The molecule has 2 aromatic carbocycles. The predicted molar refractivity (Wildman–Crippen MR) is 106 cm³/mol. The molecular weight excluding hydrogens is 328 g/mol. The van der Waals surface area contributed by atoms with Gasteiger partial charge in [0, 0.05) is 23.0 Å². The third kappa shape index (κ3) is 6.50. The Bertz CT molecular complexity index is 586. The molecular formula is C22H30O2S. The van der Waals surface area contributed by atoms with Crippen molar-refractivity contribution in [2.75, 3.05) is 13.2 Å². The molecule has 0 aliphatic carbocycles. The molecule has 0 spiro atoms. The van der Waals surface area contributed by atoms with Crippen LogP contribution >= 0.6 is 11.8 Å². The van der Waals surface area contributed by atoms with Gasteiger partial charge >= 0.3 is 0 Å².